The van der Waals surface area contributed by atoms with E-state index in [4.69, 9.17) is 14.2 Å². The molecule has 0 bridgehead atoms. The zero-order valence-electron chi connectivity index (χ0n) is 35.0. The largest absolute Gasteiger partial charge is 0.493 e. The first-order valence-corrected chi connectivity index (χ1v) is 20.1. The molecule has 51 heavy (non-hydrogen) atoms. The van der Waals surface area contributed by atoms with E-state index in [-0.39, 0.29) is 32.5 Å². The van der Waals surface area contributed by atoms with Crippen LogP contribution in [0.25, 0.3) is 0 Å². The average Bonchev–Trinajstić information content (AvgIpc) is 2.98. The van der Waals surface area contributed by atoms with Crippen LogP contribution in [0.4, 0.5) is 0 Å². The first-order chi connectivity index (χ1) is 23.2. The van der Waals surface area contributed by atoms with Crippen molar-refractivity contribution < 1.29 is 14.2 Å². The van der Waals surface area contributed by atoms with Gasteiger partial charge >= 0.3 is 0 Å². The average molecular weight is 764 g/mol. The van der Waals surface area contributed by atoms with Crippen molar-refractivity contribution in [2.45, 2.75) is 139 Å². The normalized spacial score (nSPS) is 13.6. The summed E-state index contributed by atoms with van der Waals surface area (Å²) >= 11 is 3.85. The van der Waals surface area contributed by atoms with Crippen LogP contribution in [-0.2, 0) is 16.2 Å². The fraction of sp³-hybridized carbons (Fsp3) is 0.617. The molecule has 0 heterocycles. The molecule has 0 aromatic heterocycles. The molecule has 0 N–H and O–H groups in total. The van der Waals surface area contributed by atoms with Gasteiger partial charge < -0.3 is 14.2 Å². The number of ether oxygens (including phenoxy) is 3. The Morgan fingerprint density at radius 1 is 0.373 bits per heavy atom. The zero-order valence-corrected chi connectivity index (χ0v) is 36.6. The monoisotopic (exact) mass is 762 g/mol. The van der Waals surface area contributed by atoms with Crippen molar-refractivity contribution in [1.29, 1.82) is 0 Å². The second-order valence-corrected chi connectivity index (χ2v) is 21.5. The molecular weight excluding hydrogens is 692 g/mol. The highest BCUT2D eigenvalue weighted by molar-refractivity contribution is 9.09. The maximum Gasteiger partial charge on any atom is 0.119 e. The molecule has 0 unspecified atom stereocenters. The van der Waals surface area contributed by atoms with Crippen LogP contribution in [-0.4, -0.2) is 25.2 Å². The topological polar surface area (TPSA) is 27.7 Å². The summed E-state index contributed by atoms with van der Waals surface area (Å²) in [5.74, 6) is 2.56. The highest BCUT2D eigenvalue weighted by atomic mass is 79.9. The fourth-order valence-electron chi connectivity index (χ4n) is 8.24. The van der Waals surface area contributed by atoms with E-state index >= 15 is 0 Å². The predicted octanol–water partition coefficient (Wildman–Crippen LogP) is 13.7. The molecule has 0 saturated heterocycles. The van der Waals surface area contributed by atoms with E-state index in [1.54, 1.807) is 0 Å². The minimum Gasteiger partial charge on any atom is -0.493 e. The number of alkyl halides is 1. The minimum absolute atomic E-state index is 0.0765. The van der Waals surface area contributed by atoms with Gasteiger partial charge in [0.05, 0.1) is 5.41 Å². The molecule has 3 aromatic carbocycles. The van der Waals surface area contributed by atoms with Crippen LogP contribution < -0.4 is 14.2 Å². The van der Waals surface area contributed by atoms with Gasteiger partial charge in [0.1, 0.15) is 37.1 Å². The van der Waals surface area contributed by atoms with Crippen LogP contribution in [0, 0.1) is 21.7 Å². The number of benzene rings is 3. The van der Waals surface area contributed by atoms with Gasteiger partial charge in [-0.3, -0.25) is 0 Å². The van der Waals surface area contributed by atoms with E-state index in [0.29, 0.717) is 25.2 Å². The molecule has 3 rings (SSSR count). The van der Waals surface area contributed by atoms with Gasteiger partial charge in [-0.1, -0.05) is 156 Å². The molecule has 0 aliphatic rings. The Hall–Kier alpha value is -2.46. The Bertz CT molecular complexity index is 1310. The van der Waals surface area contributed by atoms with Crippen LogP contribution in [0.1, 0.15) is 140 Å². The molecule has 0 saturated carbocycles. The van der Waals surface area contributed by atoms with Gasteiger partial charge in [0.15, 0.2) is 0 Å². The van der Waals surface area contributed by atoms with Gasteiger partial charge in [0.25, 0.3) is 0 Å². The lowest BCUT2D eigenvalue weighted by Crippen LogP contribution is -2.42. The van der Waals surface area contributed by atoms with Crippen molar-refractivity contribution in [3.63, 3.8) is 0 Å². The summed E-state index contributed by atoms with van der Waals surface area (Å²) in [6, 6.07) is 26.0. The number of rotatable bonds is 16. The van der Waals surface area contributed by atoms with Gasteiger partial charge in [0, 0.05) is 5.33 Å². The molecule has 3 nitrogen and oxygen atoms in total. The van der Waals surface area contributed by atoms with Gasteiger partial charge in [-0.25, -0.2) is 0 Å². The molecule has 3 aromatic rings. The van der Waals surface area contributed by atoms with Crippen molar-refractivity contribution in [3.05, 3.63) is 89.5 Å². The third kappa shape index (κ3) is 13.8. The Morgan fingerprint density at radius 2 is 0.588 bits per heavy atom. The van der Waals surface area contributed by atoms with Gasteiger partial charge in [-0.15, -0.1) is 0 Å². The number of hydrogen-bond acceptors (Lipinski definition) is 3. The SMILES string of the molecule is CC(C)(C)CC(C)(C)c1ccc(OCC(CBr)(COc2ccc(C(C)(C)CC(C)(C)C)cc2)COc2ccc(C(C)(C)CC(C)(C)C)cc2)cc1. The third-order valence-corrected chi connectivity index (χ3v) is 10.9. The van der Waals surface area contributed by atoms with Gasteiger partial charge in [-0.2, -0.15) is 0 Å². The van der Waals surface area contributed by atoms with Crippen molar-refractivity contribution in [3.8, 4) is 17.2 Å². The fourth-order valence-corrected chi connectivity index (χ4v) is 8.73. The second-order valence-electron chi connectivity index (χ2n) is 20.9. The Labute approximate surface area is 321 Å². The maximum absolute atomic E-state index is 6.54. The molecule has 0 radical (unpaired) electrons. The summed E-state index contributed by atoms with van der Waals surface area (Å²) in [6.07, 6.45) is 3.31. The number of hydrogen-bond donors (Lipinski definition) is 0. The third-order valence-electron chi connectivity index (χ3n) is 9.74. The highest BCUT2D eigenvalue weighted by Crippen LogP contribution is 2.39. The van der Waals surface area contributed by atoms with Crippen LogP contribution in [0.2, 0.25) is 0 Å². The molecule has 0 aliphatic carbocycles. The van der Waals surface area contributed by atoms with Crippen LogP contribution in [0.5, 0.6) is 17.2 Å². The Morgan fingerprint density at radius 3 is 0.765 bits per heavy atom. The molecular formula is C47H71BrO3. The molecule has 0 spiro atoms. The molecule has 4 heteroatoms. The van der Waals surface area contributed by atoms with E-state index in [1.165, 1.54) is 16.7 Å². The van der Waals surface area contributed by atoms with E-state index in [9.17, 15) is 0 Å². The summed E-state index contributed by atoms with van der Waals surface area (Å²) in [7, 11) is 0. The summed E-state index contributed by atoms with van der Waals surface area (Å²) < 4.78 is 19.6. The first-order valence-electron chi connectivity index (χ1n) is 19.0. The van der Waals surface area contributed by atoms with E-state index in [1.807, 2.05) is 0 Å². The Balaban J connectivity index is 1.81. The quantitative estimate of drug-likeness (QED) is 0.136. The molecule has 0 atom stereocenters. The highest BCUT2D eigenvalue weighted by Gasteiger charge is 2.34. The van der Waals surface area contributed by atoms with E-state index in [2.05, 4.69) is 193 Å². The summed E-state index contributed by atoms with van der Waals surface area (Å²) in [5, 5.41) is 0.657. The molecule has 0 amide bonds. The van der Waals surface area contributed by atoms with Crippen molar-refractivity contribution in [2.75, 3.05) is 25.2 Å². The standard InChI is InChI=1S/C47H71BrO3/c1-41(2,3)28-44(10,11)35-16-22-38(23-17-35)49-32-47(31-48,33-50-39-24-18-36(19-25-39)45(12,13)29-42(4,5)6)34-51-40-26-20-37(21-27-40)46(14,15)30-43(7,8)9/h16-27H,28-34H2,1-15H3. The van der Waals surface area contributed by atoms with E-state index in [0.717, 1.165) is 36.5 Å². The van der Waals surface area contributed by atoms with Crippen LogP contribution in [0.15, 0.2) is 72.8 Å². The lowest BCUT2D eigenvalue weighted by Gasteiger charge is -2.34. The van der Waals surface area contributed by atoms with E-state index < -0.39 is 5.41 Å². The lowest BCUT2D eigenvalue weighted by molar-refractivity contribution is 0.0520. The lowest BCUT2D eigenvalue weighted by atomic mass is 9.72. The molecule has 0 aliphatic heterocycles. The molecule has 284 valence electrons. The smallest absolute Gasteiger partial charge is 0.119 e. The molecule has 0 fully saturated rings. The van der Waals surface area contributed by atoms with Gasteiger partial charge in [0.2, 0.25) is 0 Å². The van der Waals surface area contributed by atoms with Crippen molar-refractivity contribution in [2.24, 2.45) is 21.7 Å². The maximum atomic E-state index is 6.54. The zero-order chi connectivity index (χ0) is 38.5. The van der Waals surface area contributed by atoms with Crippen LogP contribution >= 0.6 is 15.9 Å². The summed E-state index contributed by atoms with van der Waals surface area (Å²) in [4.78, 5) is 0. The van der Waals surface area contributed by atoms with Crippen molar-refractivity contribution in [1.82, 2.24) is 0 Å². The van der Waals surface area contributed by atoms with Gasteiger partial charge in [-0.05, 0) is 105 Å². The first kappa shape index (κ1) is 42.9. The van der Waals surface area contributed by atoms with Crippen molar-refractivity contribution >= 4 is 15.9 Å². The minimum atomic E-state index is -0.446. The predicted molar refractivity (Wildman–Crippen MR) is 223 cm³/mol. The summed E-state index contributed by atoms with van der Waals surface area (Å²) in [5.41, 5.74) is 4.51. The summed E-state index contributed by atoms with van der Waals surface area (Å²) in [6.45, 7) is 36.0. The van der Waals surface area contributed by atoms with Crippen LogP contribution in [0.3, 0.4) is 0 Å². The number of halogens is 1. The Kier molecular flexibility index (Phi) is 13.7. The second kappa shape index (κ2) is 16.3.